The molecule has 13 heavy (non-hydrogen) atoms. The van der Waals surface area contributed by atoms with E-state index in [-0.39, 0.29) is 11.9 Å². The molecule has 1 saturated heterocycles. The van der Waals surface area contributed by atoms with E-state index < -0.39 is 6.04 Å². The van der Waals surface area contributed by atoms with E-state index in [0.717, 1.165) is 6.54 Å². The molecule has 1 N–H and O–H groups in total. The van der Waals surface area contributed by atoms with Gasteiger partial charge in [-0.25, -0.2) is 4.79 Å². The van der Waals surface area contributed by atoms with E-state index in [4.69, 9.17) is 0 Å². The zero-order valence-corrected chi connectivity index (χ0v) is 7.87. The molecule has 1 rings (SSSR count). The summed E-state index contributed by atoms with van der Waals surface area (Å²) < 4.78 is 4.55. The van der Waals surface area contributed by atoms with Gasteiger partial charge < -0.3 is 10.1 Å². The van der Waals surface area contributed by atoms with Crippen molar-refractivity contribution in [2.75, 3.05) is 26.7 Å². The Kier molecular flexibility index (Phi) is 3.25. The van der Waals surface area contributed by atoms with Crippen molar-refractivity contribution < 1.29 is 14.3 Å². The summed E-state index contributed by atoms with van der Waals surface area (Å²) in [5.41, 5.74) is 0. The summed E-state index contributed by atoms with van der Waals surface area (Å²) in [5, 5.41) is 2.58. The summed E-state index contributed by atoms with van der Waals surface area (Å²) in [6, 6.07) is -0.508. The smallest absolute Gasteiger partial charge is 0.329 e. The van der Waals surface area contributed by atoms with Crippen molar-refractivity contribution in [2.45, 2.75) is 13.0 Å². The minimum absolute atomic E-state index is 0.122. The van der Waals surface area contributed by atoms with Crippen molar-refractivity contribution in [1.82, 2.24) is 10.2 Å². The van der Waals surface area contributed by atoms with Crippen LogP contribution in [0.2, 0.25) is 0 Å². The van der Waals surface area contributed by atoms with Crippen molar-refractivity contribution in [3.05, 3.63) is 0 Å². The maximum atomic E-state index is 11.1. The van der Waals surface area contributed by atoms with E-state index in [1.165, 1.54) is 7.11 Å². The summed E-state index contributed by atoms with van der Waals surface area (Å²) in [6.07, 6.45) is 0. The molecule has 0 aromatic heterocycles. The number of nitrogens with one attached hydrogen (secondary N) is 1. The SMILES string of the molecule is CCN1CC(=O)NC(C(=O)OC)C1. The zero-order valence-electron chi connectivity index (χ0n) is 7.87. The van der Waals surface area contributed by atoms with Gasteiger partial charge in [0, 0.05) is 6.54 Å². The number of methoxy groups -OCH3 is 1. The number of ether oxygens (including phenoxy) is 1. The van der Waals surface area contributed by atoms with Crippen molar-refractivity contribution in [3.63, 3.8) is 0 Å². The van der Waals surface area contributed by atoms with Crippen LogP contribution in [-0.4, -0.2) is 49.6 Å². The number of hydrogen-bond acceptors (Lipinski definition) is 4. The average molecular weight is 186 g/mol. The van der Waals surface area contributed by atoms with Gasteiger partial charge in [-0.05, 0) is 6.54 Å². The van der Waals surface area contributed by atoms with Gasteiger partial charge in [0.05, 0.1) is 13.7 Å². The summed E-state index contributed by atoms with van der Waals surface area (Å²) in [5.74, 6) is -0.505. The molecule has 5 nitrogen and oxygen atoms in total. The summed E-state index contributed by atoms with van der Waals surface area (Å²) in [7, 11) is 1.32. The lowest BCUT2D eigenvalue weighted by molar-refractivity contribution is -0.147. The molecule has 0 aromatic rings. The second-order valence-corrected chi connectivity index (χ2v) is 2.97. The van der Waals surface area contributed by atoms with Crippen LogP contribution >= 0.6 is 0 Å². The molecule has 1 unspecified atom stereocenters. The van der Waals surface area contributed by atoms with Crippen molar-refractivity contribution >= 4 is 11.9 Å². The van der Waals surface area contributed by atoms with Gasteiger partial charge in [0.25, 0.3) is 0 Å². The fraction of sp³-hybridized carbons (Fsp3) is 0.750. The first-order valence-electron chi connectivity index (χ1n) is 4.27. The summed E-state index contributed by atoms with van der Waals surface area (Å²) >= 11 is 0. The number of piperazine rings is 1. The monoisotopic (exact) mass is 186 g/mol. The van der Waals surface area contributed by atoms with Gasteiger partial charge in [0.15, 0.2) is 0 Å². The largest absolute Gasteiger partial charge is 0.467 e. The molecule has 0 aliphatic carbocycles. The molecule has 1 amide bonds. The maximum Gasteiger partial charge on any atom is 0.329 e. The van der Waals surface area contributed by atoms with Crippen LogP contribution in [0.4, 0.5) is 0 Å². The van der Waals surface area contributed by atoms with Gasteiger partial charge >= 0.3 is 5.97 Å². The highest BCUT2D eigenvalue weighted by Gasteiger charge is 2.29. The molecule has 1 fully saturated rings. The van der Waals surface area contributed by atoms with E-state index in [0.29, 0.717) is 13.1 Å². The fourth-order valence-corrected chi connectivity index (χ4v) is 1.33. The number of nitrogens with zero attached hydrogens (tertiary/aromatic N) is 1. The Morgan fingerprint density at radius 2 is 2.46 bits per heavy atom. The Morgan fingerprint density at radius 3 is 3.00 bits per heavy atom. The average Bonchev–Trinajstić information content (AvgIpc) is 2.15. The van der Waals surface area contributed by atoms with Crippen LogP contribution in [0.15, 0.2) is 0 Å². The highest BCUT2D eigenvalue weighted by atomic mass is 16.5. The van der Waals surface area contributed by atoms with E-state index in [2.05, 4.69) is 10.1 Å². The van der Waals surface area contributed by atoms with Crippen LogP contribution < -0.4 is 5.32 Å². The third kappa shape index (κ3) is 2.42. The van der Waals surface area contributed by atoms with Gasteiger partial charge in [-0.2, -0.15) is 0 Å². The standard InChI is InChI=1S/C8H14N2O3/c1-3-10-4-6(8(12)13-2)9-7(11)5-10/h6H,3-5H2,1-2H3,(H,9,11). The molecule has 0 aromatic carbocycles. The Hall–Kier alpha value is -1.10. The van der Waals surface area contributed by atoms with Gasteiger partial charge in [-0.15, -0.1) is 0 Å². The first kappa shape index (κ1) is 9.98. The maximum absolute atomic E-state index is 11.1. The number of amides is 1. The molecule has 1 aliphatic rings. The fourth-order valence-electron chi connectivity index (χ4n) is 1.33. The van der Waals surface area contributed by atoms with Crippen LogP contribution in [0, 0.1) is 0 Å². The second-order valence-electron chi connectivity index (χ2n) is 2.97. The highest BCUT2D eigenvalue weighted by molar-refractivity contribution is 5.86. The molecular weight excluding hydrogens is 172 g/mol. The molecule has 0 spiro atoms. The van der Waals surface area contributed by atoms with E-state index in [1.807, 2.05) is 11.8 Å². The van der Waals surface area contributed by atoms with E-state index in [1.54, 1.807) is 0 Å². The molecule has 0 bridgehead atoms. The first-order chi connectivity index (χ1) is 6.17. The predicted octanol–water partition coefficient (Wildman–Crippen LogP) is -1.02. The van der Waals surface area contributed by atoms with Crippen LogP contribution in [0.1, 0.15) is 6.92 Å². The van der Waals surface area contributed by atoms with Crippen LogP contribution in [-0.2, 0) is 14.3 Å². The molecule has 0 radical (unpaired) electrons. The third-order valence-corrected chi connectivity index (χ3v) is 2.08. The lowest BCUT2D eigenvalue weighted by Crippen LogP contribution is -2.57. The normalized spacial score (nSPS) is 23.8. The number of esters is 1. The lowest BCUT2D eigenvalue weighted by Gasteiger charge is -2.30. The Labute approximate surface area is 77.0 Å². The Bertz CT molecular complexity index is 217. The molecule has 1 aliphatic heterocycles. The number of carbonyl (C=O) groups is 2. The molecule has 74 valence electrons. The molecule has 1 atom stereocenters. The van der Waals surface area contributed by atoms with Gasteiger partial charge in [-0.3, -0.25) is 9.69 Å². The van der Waals surface area contributed by atoms with Crippen molar-refractivity contribution in [2.24, 2.45) is 0 Å². The lowest BCUT2D eigenvalue weighted by atomic mass is 10.2. The van der Waals surface area contributed by atoms with Crippen LogP contribution in [0.5, 0.6) is 0 Å². The van der Waals surface area contributed by atoms with Gasteiger partial charge in [0.1, 0.15) is 6.04 Å². The van der Waals surface area contributed by atoms with Crippen molar-refractivity contribution in [1.29, 1.82) is 0 Å². The van der Waals surface area contributed by atoms with E-state index >= 15 is 0 Å². The molecule has 0 saturated carbocycles. The zero-order chi connectivity index (χ0) is 9.84. The summed E-state index contributed by atoms with van der Waals surface area (Å²) in [4.78, 5) is 24.1. The number of likely N-dealkylation sites (N-methyl/N-ethyl adjacent to an activating group) is 1. The highest BCUT2D eigenvalue weighted by Crippen LogP contribution is 2.00. The predicted molar refractivity (Wildman–Crippen MR) is 46.1 cm³/mol. The molecule has 5 heteroatoms. The quantitative estimate of drug-likeness (QED) is 0.561. The third-order valence-electron chi connectivity index (χ3n) is 2.08. The van der Waals surface area contributed by atoms with Crippen LogP contribution in [0.25, 0.3) is 0 Å². The Morgan fingerprint density at radius 1 is 1.77 bits per heavy atom. The van der Waals surface area contributed by atoms with Gasteiger partial charge in [-0.1, -0.05) is 6.92 Å². The minimum atomic E-state index is -0.508. The first-order valence-corrected chi connectivity index (χ1v) is 4.27. The molecular formula is C8H14N2O3. The topological polar surface area (TPSA) is 58.6 Å². The van der Waals surface area contributed by atoms with E-state index in [9.17, 15) is 9.59 Å². The van der Waals surface area contributed by atoms with Crippen molar-refractivity contribution in [3.8, 4) is 0 Å². The van der Waals surface area contributed by atoms with Crippen LogP contribution in [0.3, 0.4) is 0 Å². The second kappa shape index (κ2) is 4.23. The number of hydrogen-bond donors (Lipinski definition) is 1. The number of rotatable bonds is 2. The van der Waals surface area contributed by atoms with Gasteiger partial charge in [0.2, 0.25) is 5.91 Å². The number of carbonyl (C=O) groups excluding carboxylic acids is 2. The molecule has 1 heterocycles. The summed E-state index contributed by atoms with van der Waals surface area (Å²) in [6.45, 7) is 3.62. The Balaban J connectivity index is 2.56. The minimum Gasteiger partial charge on any atom is -0.467 e.